The summed E-state index contributed by atoms with van der Waals surface area (Å²) in [6, 6.07) is 8.37. The monoisotopic (exact) mass is 489 g/mol. The number of rotatable bonds is 4. The molecule has 1 aliphatic heterocycles. The van der Waals surface area contributed by atoms with Crippen molar-refractivity contribution in [3.63, 3.8) is 0 Å². The van der Waals surface area contributed by atoms with Crippen molar-refractivity contribution in [2.45, 2.75) is 25.8 Å². The van der Waals surface area contributed by atoms with E-state index in [9.17, 15) is 0 Å². The van der Waals surface area contributed by atoms with E-state index in [2.05, 4.69) is 42.0 Å². The molecule has 0 unspecified atom stereocenters. The van der Waals surface area contributed by atoms with E-state index in [1.54, 1.807) is 24.8 Å². The van der Waals surface area contributed by atoms with Crippen molar-refractivity contribution in [2.24, 2.45) is 0 Å². The normalized spacial score (nSPS) is 14.5. The van der Waals surface area contributed by atoms with Crippen LogP contribution >= 0.6 is 0 Å². The second kappa shape index (κ2) is 8.82. The zero-order chi connectivity index (χ0) is 24.8. The summed E-state index contributed by atoms with van der Waals surface area (Å²) in [7, 11) is 0. The summed E-state index contributed by atoms with van der Waals surface area (Å²) in [5, 5.41) is 10.5. The first-order valence-corrected chi connectivity index (χ1v) is 12.2. The first-order valence-electron chi connectivity index (χ1n) is 12.2. The minimum Gasteiger partial charge on any atom is -0.381 e. The van der Waals surface area contributed by atoms with Gasteiger partial charge in [0.15, 0.2) is 11.3 Å². The highest BCUT2D eigenvalue weighted by Gasteiger charge is 2.19. The third-order valence-corrected chi connectivity index (χ3v) is 6.86. The van der Waals surface area contributed by atoms with Crippen LogP contribution in [0.1, 0.15) is 24.6 Å². The number of aromatic nitrogens is 9. The van der Waals surface area contributed by atoms with Crippen LogP contribution in [-0.2, 0) is 4.74 Å². The fourth-order valence-electron chi connectivity index (χ4n) is 4.93. The van der Waals surface area contributed by atoms with Gasteiger partial charge in [0.05, 0.1) is 41.7 Å². The number of nitrogens with zero attached hydrogens (tertiary/aromatic N) is 9. The maximum absolute atomic E-state index is 5.50. The molecule has 0 atom stereocenters. The average Bonchev–Trinajstić information content (AvgIpc) is 3.60. The van der Waals surface area contributed by atoms with Crippen LogP contribution in [0.3, 0.4) is 0 Å². The van der Waals surface area contributed by atoms with Gasteiger partial charge in [0.1, 0.15) is 5.69 Å². The van der Waals surface area contributed by atoms with E-state index >= 15 is 0 Å². The first-order chi connectivity index (χ1) is 18.2. The minimum atomic E-state index is 0.376. The molecule has 0 N–H and O–H groups in total. The number of hydrogen-bond donors (Lipinski definition) is 0. The molecule has 0 radical (unpaired) electrons. The van der Waals surface area contributed by atoms with Crippen LogP contribution in [0.4, 0.5) is 0 Å². The van der Waals surface area contributed by atoms with Gasteiger partial charge in [0.25, 0.3) is 0 Å². The van der Waals surface area contributed by atoms with Crippen LogP contribution in [0.2, 0.25) is 0 Å². The van der Waals surface area contributed by atoms with Gasteiger partial charge in [0.2, 0.25) is 0 Å². The molecule has 182 valence electrons. The molecule has 0 aromatic carbocycles. The molecule has 7 rings (SSSR count). The lowest BCUT2D eigenvalue weighted by Gasteiger charge is -2.22. The Bertz CT molecular complexity index is 1740. The number of hydrogen-bond acceptors (Lipinski definition) is 8. The Hall–Kier alpha value is -4.57. The summed E-state index contributed by atoms with van der Waals surface area (Å²) in [5.74, 6) is 0. The minimum absolute atomic E-state index is 0.376. The molecule has 0 amide bonds. The molecular weight excluding hydrogens is 466 g/mol. The van der Waals surface area contributed by atoms with E-state index < -0.39 is 0 Å². The molecule has 6 aromatic rings. The highest BCUT2D eigenvalue weighted by molar-refractivity contribution is 5.92. The molecular formula is C27H23N9O. The molecule has 0 aliphatic carbocycles. The van der Waals surface area contributed by atoms with Crippen molar-refractivity contribution in [1.82, 2.24) is 44.3 Å². The maximum Gasteiger partial charge on any atom is 0.160 e. The SMILES string of the molecule is Cc1nn2c(-c3ccnc4nc(-c5cnccn5)ccc34)cnc2cc1-c1cnn(C2CCOCC2)c1. The number of ether oxygens (including phenoxy) is 1. The Labute approximate surface area is 212 Å². The summed E-state index contributed by atoms with van der Waals surface area (Å²) in [4.78, 5) is 22.4. The van der Waals surface area contributed by atoms with E-state index in [1.165, 1.54) is 0 Å². The highest BCUT2D eigenvalue weighted by Crippen LogP contribution is 2.31. The Morgan fingerprint density at radius 1 is 0.892 bits per heavy atom. The number of imidazole rings is 1. The lowest BCUT2D eigenvalue weighted by molar-refractivity contribution is 0.0662. The molecule has 6 aromatic heterocycles. The molecule has 0 saturated carbocycles. The van der Waals surface area contributed by atoms with Crippen molar-refractivity contribution < 1.29 is 4.74 Å². The first kappa shape index (κ1) is 21.7. The van der Waals surface area contributed by atoms with Crippen molar-refractivity contribution in [3.8, 4) is 33.8 Å². The van der Waals surface area contributed by atoms with Crippen LogP contribution in [0.5, 0.6) is 0 Å². The lowest BCUT2D eigenvalue weighted by atomic mass is 10.1. The van der Waals surface area contributed by atoms with Gasteiger partial charge in [-0.25, -0.2) is 19.5 Å². The molecule has 10 nitrogen and oxygen atoms in total. The Kier molecular flexibility index (Phi) is 5.17. The summed E-state index contributed by atoms with van der Waals surface area (Å²) in [5.41, 5.74) is 7.63. The molecule has 10 heteroatoms. The third kappa shape index (κ3) is 3.82. The zero-order valence-electron chi connectivity index (χ0n) is 20.2. The van der Waals surface area contributed by atoms with Crippen LogP contribution in [0, 0.1) is 6.92 Å². The van der Waals surface area contributed by atoms with Crippen LogP contribution < -0.4 is 0 Å². The molecule has 37 heavy (non-hydrogen) atoms. The Morgan fingerprint density at radius 3 is 2.68 bits per heavy atom. The van der Waals surface area contributed by atoms with Crippen molar-refractivity contribution in [3.05, 3.63) is 73.3 Å². The van der Waals surface area contributed by atoms with E-state index in [0.717, 1.165) is 70.9 Å². The van der Waals surface area contributed by atoms with Crippen LogP contribution in [0.25, 0.3) is 50.5 Å². The van der Waals surface area contributed by atoms with Gasteiger partial charge in [-0.1, -0.05) is 0 Å². The topological polar surface area (TPSA) is 109 Å². The van der Waals surface area contributed by atoms with Gasteiger partial charge in [-0.3, -0.25) is 14.6 Å². The van der Waals surface area contributed by atoms with Crippen molar-refractivity contribution in [1.29, 1.82) is 0 Å². The zero-order valence-corrected chi connectivity index (χ0v) is 20.2. The maximum atomic E-state index is 5.50. The van der Waals surface area contributed by atoms with Gasteiger partial charge in [-0.2, -0.15) is 10.2 Å². The second-order valence-electron chi connectivity index (χ2n) is 9.13. The fraction of sp³-hybridized carbons (Fsp3) is 0.222. The highest BCUT2D eigenvalue weighted by atomic mass is 16.5. The molecule has 1 aliphatic rings. The van der Waals surface area contributed by atoms with Crippen LogP contribution in [-0.4, -0.2) is 57.5 Å². The lowest BCUT2D eigenvalue weighted by Crippen LogP contribution is -2.19. The standard InChI is InChI=1S/C27H23N9O/c1-17-22(18-13-32-35(16-18)19-5-10-37-11-6-19)12-26-31-15-25(36(26)34-17)20-4-7-30-27-21(20)2-3-23(33-27)24-14-28-8-9-29-24/h2-4,7-9,12-16,19H,5-6,10-11H2,1H3. The second-order valence-corrected chi connectivity index (χ2v) is 9.13. The van der Waals surface area contributed by atoms with E-state index in [4.69, 9.17) is 14.8 Å². The molecule has 1 fully saturated rings. The fourth-order valence-corrected chi connectivity index (χ4v) is 4.93. The predicted octanol–water partition coefficient (Wildman–Crippen LogP) is 4.32. The number of fused-ring (bicyclic) bond motifs is 2. The Morgan fingerprint density at radius 2 is 1.81 bits per heavy atom. The van der Waals surface area contributed by atoms with Crippen LogP contribution in [0.15, 0.2) is 67.6 Å². The molecule has 1 saturated heterocycles. The Balaban J connectivity index is 1.27. The van der Waals surface area contributed by atoms with E-state index in [-0.39, 0.29) is 0 Å². The molecule has 0 bridgehead atoms. The summed E-state index contributed by atoms with van der Waals surface area (Å²) < 4.78 is 9.44. The molecule has 7 heterocycles. The third-order valence-electron chi connectivity index (χ3n) is 6.86. The van der Waals surface area contributed by atoms with E-state index in [0.29, 0.717) is 17.4 Å². The van der Waals surface area contributed by atoms with Gasteiger partial charge >= 0.3 is 0 Å². The smallest absolute Gasteiger partial charge is 0.160 e. The largest absolute Gasteiger partial charge is 0.381 e. The van der Waals surface area contributed by atoms with Crippen molar-refractivity contribution >= 4 is 16.7 Å². The van der Waals surface area contributed by atoms with Crippen molar-refractivity contribution in [2.75, 3.05) is 13.2 Å². The quantitative estimate of drug-likeness (QED) is 0.360. The summed E-state index contributed by atoms with van der Waals surface area (Å²) in [6.07, 6.45) is 14.6. The van der Waals surface area contributed by atoms with Gasteiger partial charge in [-0.05, 0) is 44.0 Å². The van der Waals surface area contributed by atoms with Gasteiger partial charge < -0.3 is 4.74 Å². The van der Waals surface area contributed by atoms with Gasteiger partial charge in [-0.15, -0.1) is 0 Å². The summed E-state index contributed by atoms with van der Waals surface area (Å²) in [6.45, 7) is 3.58. The number of aryl methyl sites for hydroxylation is 1. The predicted molar refractivity (Wildman–Crippen MR) is 138 cm³/mol. The van der Waals surface area contributed by atoms with E-state index in [1.807, 2.05) is 42.0 Å². The average molecular weight is 490 g/mol. The summed E-state index contributed by atoms with van der Waals surface area (Å²) >= 11 is 0. The van der Waals surface area contributed by atoms with Gasteiger partial charge in [0, 0.05) is 60.1 Å². The molecule has 0 spiro atoms. The number of pyridine rings is 2.